The van der Waals surface area contributed by atoms with Crippen LogP contribution in [0, 0.1) is 6.92 Å². The summed E-state index contributed by atoms with van der Waals surface area (Å²) in [5.74, 6) is 0. The van der Waals surface area contributed by atoms with Gasteiger partial charge in [0.1, 0.15) is 0 Å². The predicted octanol–water partition coefficient (Wildman–Crippen LogP) is 2.47. The molecule has 2 rings (SSSR count). The zero-order valence-corrected chi connectivity index (χ0v) is 12.6. The molecule has 0 spiro atoms. The first-order valence-corrected chi connectivity index (χ1v) is 6.73. The molecule has 0 aliphatic heterocycles. The molecule has 104 valence electrons. The summed E-state index contributed by atoms with van der Waals surface area (Å²) in [5, 5.41) is 7.87. The SMILES string of the molecule is Cc1cc(Cn2ccc(CNC(C)(C)C)c2)n(C)n1. The van der Waals surface area contributed by atoms with Gasteiger partial charge >= 0.3 is 0 Å². The highest BCUT2D eigenvalue weighted by atomic mass is 15.3. The van der Waals surface area contributed by atoms with Crippen LogP contribution >= 0.6 is 0 Å². The molecule has 2 heterocycles. The van der Waals surface area contributed by atoms with Crippen molar-refractivity contribution < 1.29 is 0 Å². The van der Waals surface area contributed by atoms with E-state index in [1.165, 1.54) is 11.3 Å². The number of hydrogen-bond acceptors (Lipinski definition) is 2. The van der Waals surface area contributed by atoms with Crippen molar-refractivity contribution in [3.63, 3.8) is 0 Å². The zero-order chi connectivity index (χ0) is 14.0. The average Bonchev–Trinajstić information content (AvgIpc) is 2.83. The Labute approximate surface area is 115 Å². The monoisotopic (exact) mass is 260 g/mol. The van der Waals surface area contributed by atoms with Crippen LogP contribution in [-0.2, 0) is 20.1 Å². The molecule has 0 amide bonds. The van der Waals surface area contributed by atoms with Gasteiger partial charge in [-0.25, -0.2) is 0 Å². The van der Waals surface area contributed by atoms with Crippen molar-refractivity contribution in [3.05, 3.63) is 41.5 Å². The number of hydrogen-bond donors (Lipinski definition) is 1. The third-order valence-electron chi connectivity index (χ3n) is 3.08. The van der Waals surface area contributed by atoms with Crippen molar-refractivity contribution in [2.75, 3.05) is 0 Å². The molecule has 0 bridgehead atoms. The van der Waals surface area contributed by atoms with Crippen molar-refractivity contribution in [2.24, 2.45) is 7.05 Å². The number of rotatable bonds is 4. The minimum absolute atomic E-state index is 0.154. The molecule has 1 N–H and O–H groups in total. The first kappa shape index (κ1) is 13.9. The van der Waals surface area contributed by atoms with Gasteiger partial charge in [0.15, 0.2) is 0 Å². The van der Waals surface area contributed by atoms with Crippen molar-refractivity contribution in [2.45, 2.75) is 46.3 Å². The molecule has 4 heteroatoms. The van der Waals surface area contributed by atoms with Gasteiger partial charge in [0.2, 0.25) is 0 Å². The van der Waals surface area contributed by atoms with Gasteiger partial charge in [0, 0.05) is 31.5 Å². The van der Waals surface area contributed by atoms with Crippen LogP contribution in [0.5, 0.6) is 0 Å². The molecule has 0 saturated carbocycles. The van der Waals surface area contributed by atoms with Crippen molar-refractivity contribution >= 4 is 0 Å². The standard InChI is InChI=1S/C15H24N4/c1-12-8-14(18(5)17-12)11-19-7-6-13(10-19)9-16-15(2,3)4/h6-8,10,16H,9,11H2,1-5H3. The van der Waals surface area contributed by atoms with Gasteiger partial charge in [0.25, 0.3) is 0 Å². The van der Waals surface area contributed by atoms with Crippen LogP contribution in [0.1, 0.15) is 37.7 Å². The molecule has 0 fully saturated rings. The number of nitrogens with zero attached hydrogens (tertiary/aromatic N) is 3. The lowest BCUT2D eigenvalue weighted by Crippen LogP contribution is -2.34. The number of aromatic nitrogens is 3. The normalized spacial score (nSPS) is 12.1. The second-order valence-corrected chi connectivity index (χ2v) is 6.20. The van der Waals surface area contributed by atoms with Gasteiger partial charge in [-0.3, -0.25) is 4.68 Å². The molecule has 0 aliphatic rings. The molecule has 0 atom stereocenters. The van der Waals surface area contributed by atoms with E-state index in [-0.39, 0.29) is 5.54 Å². The zero-order valence-electron chi connectivity index (χ0n) is 12.6. The molecule has 0 saturated heterocycles. The smallest absolute Gasteiger partial charge is 0.0639 e. The fourth-order valence-electron chi connectivity index (χ4n) is 2.06. The van der Waals surface area contributed by atoms with Crippen LogP contribution in [0.3, 0.4) is 0 Å². The van der Waals surface area contributed by atoms with Gasteiger partial charge in [-0.2, -0.15) is 5.10 Å². The molecular formula is C15H24N4. The Morgan fingerprint density at radius 1 is 1.32 bits per heavy atom. The highest BCUT2D eigenvalue weighted by Crippen LogP contribution is 2.09. The van der Waals surface area contributed by atoms with E-state index in [0.717, 1.165) is 18.8 Å². The van der Waals surface area contributed by atoms with E-state index in [0.29, 0.717) is 0 Å². The Balaban J connectivity index is 1.99. The molecule has 4 nitrogen and oxygen atoms in total. The van der Waals surface area contributed by atoms with Crippen LogP contribution in [0.15, 0.2) is 24.5 Å². The van der Waals surface area contributed by atoms with Crippen LogP contribution in [-0.4, -0.2) is 19.9 Å². The lowest BCUT2D eigenvalue weighted by Gasteiger charge is -2.19. The van der Waals surface area contributed by atoms with Crippen molar-refractivity contribution in [3.8, 4) is 0 Å². The van der Waals surface area contributed by atoms with Gasteiger partial charge in [-0.05, 0) is 45.4 Å². The maximum Gasteiger partial charge on any atom is 0.0639 e. The van der Waals surface area contributed by atoms with E-state index in [2.05, 4.69) is 60.3 Å². The Bertz CT molecular complexity index is 543. The van der Waals surface area contributed by atoms with Crippen molar-refractivity contribution in [1.29, 1.82) is 0 Å². The lowest BCUT2D eigenvalue weighted by molar-refractivity contribution is 0.424. The lowest BCUT2D eigenvalue weighted by atomic mass is 10.1. The van der Waals surface area contributed by atoms with Crippen LogP contribution in [0.25, 0.3) is 0 Å². The van der Waals surface area contributed by atoms with Gasteiger partial charge < -0.3 is 9.88 Å². The summed E-state index contributed by atoms with van der Waals surface area (Å²) in [6.45, 7) is 10.3. The molecule has 2 aromatic rings. The topological polar surface area (TPSA) is 34.8 Å². The summed E-state index contributed by atoms with van der Waals surface area (Å²) in [5.41, 5.74) is 3.76. The largest absolute Gasteiger partial charge is 0.348 e. The molecule has 0 radical (unpaired) electrons. The predicted molar refractivity (Wildman–Crippen MR) is 78.1 cm³/mol. The van der Waals surface area contributed by atoms with Crippen LogP contribution in [0.4, 0.5) is 0 Å². The summed E-state index contributed by atoms with van der Waals surface area (Å²) in [7, 11) is 1.99. The Morgan fingerprint density at radius 2 is 2.05 bits per heavy atom. The van der Waals surface area contributed by atoms with E-state index < -0.39 is 0 Å². The Morgan fingerprint density at radius 3 is 2.63 bits per heavy atom. The van der Waals surface area contributed by atoms with Crippen LogP contribution < -0.4 is 5.32 Å². The van der Waals surface area contributed by atoms with E-state index >= 15 is 0 Å². The Kier molecular flexibility index (Phi) is 3.80. The first-order valence-electron chi connectivity index (χ1n) is 6.73. The molecular weight excluding hydrogens is 236 g/mol. The second-order valence-electron chi connectivity index (χ2n) is 6.20. The fourth-order valence-corrected chi connectivity index (χ4v) is 2.06. The number of nitrogens with one attached hydrogen (secondary N) is 1. The first-order chi connectivity index (χ1) is 8.83. The summed E-state index contributed by atoms with van der Waals surface area (Å²) >= 11 is 0. The highest BCUT2D eigenvalue weighted by Gasteiger charge is 2.09. The average molecular weight is 260 g/mol. The maximum absolute atomic E-state index is 4.37. The molecule has 19 heavy (non-hydrogen) atoms. The minimum atomic E-state index is 0.154. The van der Waals surface area contributed by atoms with Crippen molar-refractivity contribution in [1.82, 2.24) is 19.7 Å². The Hall–Kier alpha value is -1.55. The third kappa shape index (κ3) is 3.96. The molecule has 0 unspecified atom stereocenters. The summed E-state index contributed by atoms with van der Waals surface area (Å²) in [4.78, 5) is 0. The van der Waals surface area contributed by atoms with E-state index in [4.69, 9.17) is 0 Å². The molecule has 0 aliphatic carbocycles. The van der Waals surface area contributed by atoms with Gasteiger partial charge in [0.05, 0.1) is 17.9 Å². The van der Waals surface area contributed by atoms with E-state index in [9.17, 15) is 0 Å². The van der Waals surface area contributed by atoms with Gasteiger partial charge in [-0.1, -0.05) is 0 Å². The number of aryl methyl sites for hydroxylation is 2. The van der Waals surface area contributed by atoms with E-state index in [1.54, 1.807) is 0 Å². The summed E-state index contributed by atoms with van der Waals surface area (Å²) < 4.78 is 4.15. The maximum atomic E-state index is 4.37. The third-order valence-corrected chi connectivity index (χ3v) is 3.08. The highest BCUT2D eigenvalue weighted by molar-refractivity contribution is 5.14. The van der Waals surface area contributed by atoms with Gasteiger partial charge in [-0.15, -0.1) is 0 Å². The second kappa shape index (κ2) is 5.21. The van der Waals surface area contributed by atoms with Crippen LogP contribution in [0.2, 0.25) is 0 Å². The fraction of sp³-hybridized carbons (Fsp3) is 0.533. The summed E-state index contributed by atoms with van der Waals surface area (Å²) in [6, 6.07) is 4.30. The van der Waals surface area contributed by atoms with E-state index in [1.807, 2.05) is 18.7 Å². The molecule has 0 aromatic carbocycles. The minimum Gasteiger partial charge on any atom is -0.348 e. The quantitative estimate of drug-likeness (QED) is 0.916. The molecule has 2 aromatic heterocycles. The summed E-state index contributed by atoms with van der Waals surface area (Å²) in [6.07, 6.45) is 4.32.